The Balaban J connectivity index is 3.96. The van der Waals surface area contributed by atoms with Gasteiger partial charge in [0.25, 0.3) is 0 Å². The molecule has 0 rings (SSSR count). The lowest BCUT2D eigenvalue weighted by molar-refractivity contribution is -0.144. The molecule has 0 unspecified atom stereocenters. The largest absolute Gasteiger partial charge is 0.480 e. The third-order valence-corrected chi connectivity index (χ3v) is 3.01. The molecule has 0 saturated carbocycles. The summed E-state index contributed by atoms with van der Waals surface area (Å²) >= 11 is 0. The normalized spacial score (nSPS) is 11.7. The van der Waals surface area contributed by atoms with Gasteiger partial charge in [-0.3, -0.25) is 9.59 Å². The molecule has 0 aromatic heterocycles. The van der Waals surface area contributed by atoms with Crippen molar-refractivity contribution in [3.63, 3.8) is 0 Å². The number of nitrogens with one attached hydrogen (secondary N) is 1. The lowest BCUT2D eigenvalue weighted by Gasteiger charge is -2.13. The second-order valence-electron chi connectivity index (χ2n) is 4.74. The Hall–Kier alpha value is -1.59. The molecule has 0 spiro atoms. The fourth-order valence-corrected chi connectivity index (χ4v) is 1.78. The van der Waals surface area contributed by atoms with Crippen LogP contribution in [0.5, 0.6) is 0 Å². The summed E-state index contributed by atoms with van der Waals surface area (Å²) in [5.74, 6) is -1.89. The van der Waals surface area contributed by atoms with Crippen LogP contribution in [0.15, 0.2) is 0 Å². The highest BCUT2D eigenvalue weighted by Crippen LogP contribution is 2.06. The van der Waals surface area contributed by atoms with Crippen LogP contribution < -0.4 is 5.32 Å². The number of esters is 1. The fourth-order valence-electron chi connectivity index (χ4n) is 1.78. The maximum atomic E-state index is 11.6. The van der Waals surface area contributed by atoms with Gasteiger partial charge in [-0.25, -0.2) is 4.79 Å². The zero-order chi connectivity index (χ0) is 15.4. The van der Waals surface area contributed by atoms with E-state index in [1.165, 1.54) is 7.11 Å². The second kappa shape index (κ2) is 11.3. The van der Waals surface area contributed by atoms with Crippen LogP contribution in [-0.2, 0) is 19.1 Å². The van der Waals surface area contributed by atoms with Gasteiger partial charge in [0.2, 0.25) is 5.91 Å². The molecular weight excluding hydrogens is 262 g/mol. The number of carboxylic acid groups (broad SMARTS) is 1. The minimum atomic E-state index is -1.13. The van der Waals surface area contributed by atoms with Gasteiger partial charge < -0.3 is 15.2 Å². The summed E-state index contributed by atoms with van der Waals surface area (Å²) in [5.41, 5.74) is 0. The van der Waals surface area contributed by atoms with Crippen LogP contribution in [0.3, 0.4) is 0 Å². The van der Waals surface area contributed by atoms with Crippen LogP contribution in [0, 0.1) is 0 Å². The number of unbranched alkanes of at least 4 members (excludes halogenated alkanes) is 4. The van der Waals surface area contributed by atoms with Crippen molar-refractivity contribution >= 4 is 17.8 Å². The molecule has 0 aliphatic rings. The van der Waals surface area contributed by atoms with Gasteiger partial charge in [-0.1, -0.05) is 32.6 Å². The maximum absolute atomic E-state index is 11.6. The van der Waals surface area contributed by atoms with Crippen molar-refractivity contribution in [1.29, 1.82) is 0 Å². The molecular formula is C14H25NO5. The monoisotopic (exact) mass is 287 g/mol. The Labute approximate surface area is 119 Å². The molecule has 0 heterocycles. The Morgan fingerprint density at radius 1 is 1.10 bits per heavy atom. The third kappa shape index (κ3) is 9.35. The van der Waals surface area contributed by atoms with Crippen LogP contribution in [0.25, 0.3) is 0 Å². The van der Waals surface area contributed by atoms with Crippen molar-refractivity contribution in [2.24, 2.45) is 0 Å². The standard InChI is InChI=1S/C14H25NO5/c1-3-4-5-6-7-8-12(16)15-11(14(18)19)9-10-13(17)20-2/h11H,3-10H2,1-2H3,(H,15,16)(H,18,19)/t11-/m1/s1. The van der Waals surface area contributed by atoms with Gasteiger partial charge in [0.15, 0.2) is 0 Å². The van der Waals surface area contributed by atoms with E-state index < -0.39 is 18.0 Å². The van der Waals surface area contributed by atoms with E-state index in [2.05, 4.69) is 17.0 Å². The molecule has 116 valence electrons. The summed E-state index contributed by atoms with van der Waals surface area (Å²) in [6.45, 7) is 2.12. The van der Waals surface area contributed by atoms with Gasteiger partial charge >= 0.3 is 11.9 Å². The van der Waals surface area contributed by atoms with Crippen LogP contribution >= 0.6 is 0 Å². The summed E-state index contributed by atoms with van der Waals surface area (Å²) < 4.78 is 4.44. The number of ether oxygens (including phenoxy) is 1. The third-order valence-electron chi connectivity index (χ3n) is 3.01. The molecule has 0 fully saturated rings. The molecule has 1 amide bonds. The number of hydrogen-bond acceptors (Lipinski definition) is 4. The molecule has 20 heavy (non-hydrogen) atoms. The maximum Gasteiger partial charge on any atom is 0.326 e. The minimum absolute atomic E-state index is 0.0236. The SMILES string of the molecule is CCCCCCCC(=O)N[C@H](CCC(=O)OC)C(=O)O. The zero-order valence-electron chi connectivity index (χ0n) is 12.3. The van der Waals surface area contributed by atoms with E-state index in [0.717, 1.165) is 32.1 Å². The molecule has 0 aromatic carbocycles. The first-order valence-electron chi connectivity index (χ1n) is 7.10. The topological polar surface area (TPSA) is 92.7 Å². The second-order valence-corrected chi connectivity index (χ2v) is 4.74. The number of amides is 1. The van der Waals surface area contributed by atoms with E-state index >= 15 is 0 Å². The summed E-state index contributed by atoms with van der Waals surface area (Å²) in [5, 5.41) is 11.4. The number of rotatable bonds is 11. The highest BCUT2D eigenvalue weighted by atomic mass is 16.5. The Morgan fingerprint density at radius 3 is 2.30 bits per heavy atom. The Kier molecular flexibility index (Phi) is 10.4. The summed E-state index contributed by atoms with van der Waals surface area (Å²) in [6.07, 6.45) is 5.46. The van der Waals surface area contributed by atoms with Gasteiger partial charge in [0.1, 0.15) is 6.04 Å². The number of carboxylic acids is 1. The predicted octanol–water partition coefficient (Wildman–Crippen LogP) is 1.87. The summed E-state index contributed by atoms with van der Waals surface area (Å²) in [6, 6.07) is -1.03. The number of methoxy groups -OCH3 is 1. The lowest BCUT2D eigenvalue weighted by atomic mass is 10.1. The van der Waals surface area contributed by atoms with Gasteiger partial charge in [-0.05, 0) is 12.8 Å². The van der Waals surface area contributed by atoms with Crippen molar-refractivity contribution in [2.75, 3.05) is 7.11 Å². The van der Waals surface area contributed by atoms with E-state index in [9.17, 15) is 14.4 Å². The average molecular weight is 287 g/mol. The van der Waals surface area contributed by atoms with Crippen molar-refractivity contribution in [1.82, 2.24) is 5.32 Å². The molecule has 0 saturated heterocycles. The average Bonchev–Trinajstić information content (AvgIpc) is 2.42. The Morgan fingerprint density at radius 2 is 1.75 bits per heavy atom. The first-order chi connectivity index (χ1) is 9.51. The molecule has 1 atom stereocenters. The molecule has 0 aliphatic heterocycles. The molecule has 0 radical (unpaired) electrons. The smallest absolute Gasteiger partial charge is 0.326 e. The fraction of sp³-hybridized carbons (Fsp3) is 0.786. The molecule has 6 heteroatoms. The zero-order valence-corrected chi connectivity index (χ0v) is 12.3. The van der Waals surface area contributed by atoms with Crippen molar-refractivity contribution in [3.8, 4) is 0 Å². The highest BCUT2D eigenvalue weighted by Gasteiger charge is 2.20. The van der Waals surface area contributed by atoms with E-state index in [-0.39, 0.29) is 18.7 Å². The van der Waals surface area contributed by atoms with Gasteiger partial charge in [-0.2, -0.15) is 0 Å². The number of carbonyl (C=O) groups is 3. The molecule has 0 aromatic rings. The quantitative estimate of drug-likeness (QED) is 0.447. The lowest BCUT2D eigenvalue weighted by Crippen LogP contribution is -2.41. The highest BCUT2D eigenvalue weighted by molar-refractivity contribution is 5.83. The summed E-state index contributed by atoms with van der Waals surface area (Å²) in [4.78, 5) is 33.6. The van der Waals surface area contributed by atoms with Crippen LogP contribution in [0.2, 0.25) is 0 Å². The number of hydrogen-bond donors (Lipinski definition) is 2. The van der Waals surface area contributed by atoms with E-state index in [4.69, 9.17) is 5.11 Å². The van der Waals surface area contributed by atoms with Crippen LogP contribution in [0.1, 0.15) is 58.3 Å². The first-order valence-corrected chi connectivity index (χ1v) is 7.10. The van der Waals surface area contributed by atoms with Crippen LogP contribution in [0.4, 0.5) is 0 Å². The van der Waals surface area contributed by atoms with E-state index in [0.29, 0.717) is 6.42 Å². The van der Waals surface area contributed by atoms with Gasteiger partial charge in [-0.15, -0.1) is 0 Å². The Bertz CT molecular complexity index is 317. The molecule has 0 bridgehead atoms. The van der Waals surface area contributed by atoms with E-state index in [1.54, 1.807) is 0 Å². The number of carbonyl (C=O) groups excluding carboxylic acids is 2. The van der Waals surface area contributed by atoms with Crippen molar-refractivity contribution in [3.05, 3.63) is 0 Å². The van der Waals surface area contributed by atoms with Crippen molar-refractivity contribution in [2.45, 2.75) is 64.3 Å². The van der Waals surface area contributed by atoms with Crippen molar-refractivity contribution < 1.29 is 24.2 Å². The van der Waals surface area contributed by atoms with E-state index in [1.807, 2.05) is 0 Å². The predicted molar refractivity (Wildman–Crippen MR) is 74.2 cm³/mol. The van der Waals surface area contributed by atoms with Gasteiger partial charge in [0.05, 0.1) is 7.11 Å². The van der Waals surface area contributed by atoms with Crippen LogP contribution in [-0.4, -0.2) is 36.1 Å². The van der Waals surface area contributed by atoms with Gasteiger partial charge in [0, 0.05) is 12.8 Å². The summed E-state index contributed by atoms with van der Waals surface area (Å²) in [7, 11) is 1.24. The molecule has 0 aliphatic carbocycles. The first kappa shape index (κ1) is 18.4. The molecule has 2 N–H and O–H groups in total. The molecule has 6 nitrogen and oxygen atoms in total. The number of aliphatic carboxylic acids is 1. The minimum Gasteiger partial charge on any atom is -0.480 e.